The summed E-state index contributed by atoms with van der Waals surface area (Å²) in [5.41, 5.74) is -0.448. The Kier molecular flexibility index (Phi) is 7.33. The molecule has 0 spiro atoms. The summed E-state index contributed by atoms with van der Waals surface area (Å²) in [5, 5.41) is 0. The zero-order valence-corrected chi connectivity index (χ0v) is 17.5. The Balaban J connectivity index is 1.68. The number of ether oxygens (including phenoxy) is 1. The Morgan fingerprint density at radius 3 is 2.31 bits per heavy atom. The average Bonchev–Trinajstić information content (AvgIpc) is 3.01. The van der Waals surface area contributed by atoms with E-state index >= 15 is 0 Å². The van der Waals surface area contributed by atoms with Gasteiger partial charge in [-0.05, 0) is 71.9 Å². The number of hydrogen-bond donors (Lipinski definition) is 1. The van der Waals surface area contributed by atoms with E-state index in [0.717, 1.165) is 52.0 Å². The third kappa shape index (κ3) is 7.04. The Labute approximate surface area is 158 Å². The molecule has 0 aromatic heterocycles. The second kappa shape index (κ2) is 8.89. The van der Waals surface area contributed by atoms with Gasteiger partial charge in [0, 0.05) is 26.2 Å². The molecule has 0 radical (unpaired) electrons. The summed E-state index contributed by atoms with van der Waals surface area (Å²) in [4.78, 5) is 16.4. The van der Waals surface area contributed by atoms with Crippen LogP contribution in [0.5, 0.6) is 0 Å². The van der Waals surface area contributed by atoms with E-state index in [1.54, 1.807) is 6.92 Å². The van der Waals surface area contributed by atoms with Gasteiger partial charge in [-0.15, -0.1) is 0 Å². The highest BCUT2D eigenvalue weighted by Crippen LogP contribution is 2.23. The molecule has 2 heterocycles. The highest BCUT2D eigenvalue weighted by Gasteiger charge is 2.31. The SMILES string of the molecule is CCS(=O)(=O)NCC1CCN(CC2CCN(C(=O)OC(C)(C)C)C2)CC1. The number of hydrogen-bond acceptors (Lipinski definition) is 5. The number of piperidine rings is 1. The van der Waals surface area contributed by atoms with Crippen LogP contribution in [-0.2, 0) is 14.8 Å². The molecule has 1 N–H and O–H groups in total. The number of likely N-dealkylation sites (tertiary alicyclic amines) is 2. The van der Waals surface area contributed by atoms with Crippen LogP contribution in [0.4, 0.5) is 4.79 Å². The first-order chi connectivity index (χ1) is 12.1. The van der Waals surface area contributed by atoms with Crippen molar-refractivity contribution < 1.29 is 17.9 Å². The fraction of sp³-hybridized carbons (Fsp3) is 0.944. The van der Waals surface area contributed by atoms with Gasteiger partial charge in [-0.1, -0.05) is 0 Å². The highest BCUT2D eigenvalue weighted by molar-refractivity contribution is 7.89. The number of nitrogens with zero attached hydrogens (tertiary/aromatic N) is 2. The molecule has 0 aromatic rings. The predicted molar refractivity (Wildman–Crippen MR) is 103 cm³/mol. The minimum absolute atomic E-state index is 0.141. The van der Waals surface area contributed by atoms with Crippen LogP contribution in [0.1, 0.15) is 47.0 Å². The van der Waals surface area contributed by atoms with Gasteiger partial charge >= 0.3 is 6.09 Å². The van der Waals surface area contributed by atoms with Crippen LogP contribution >= 0.6 is 0 Å². The smallest absolute Gasteiger partial charge is 0.410 e. The fourth-order valence-corrected chi connectivity index (χ4v) is 4.25. The predicted octanol–water partition coefficient (Wildman–Crippen LogP) is 1.89. The molecule has 8 heteroatoms. The topological polar surface area (TPSA) is 79.0 Å². The van der Waals surface area contributed by atoms with Gasteiger partial charge in [0.05, 0.1) is 5.75 Å². The summed E-state index contributed by atoms with van der Waals surface area (Å²) in [7, 11) is -3.09. The molecule has 2 aliphatic rings. The lowest BCUT2D eigenvalue weighted by atomic mass is 9.96. The molecule has 2 rings (SSSR count). The van der Waals surface area contributed by atoms with Gasteiger partial charge in [0.2, 0.25) is 10.0 Å². The van der Waals surface area contributed by atoms with Crippen LogP contribution in [0, 0.1) is 11.8 Å². The summed E-state index contributed by atoms with van der Waals surface area (Å²) in [6.45, 7) is 12.4. The summed E-state index contributed by atoms with van der Waals surface area (Å²) in [6.07, 6.45) is 2.86. The number of sulfonamides is 1. The van der Waals surface area contributed by atoms with Crippen molar-refractivity contribution in [1.82, 2.24) is 14.5 Å². The number of amides is 1. The number of carbonyl (C=O) groups excluding carboxylic acids is 1. The Bertz CT molecular complexity index is 565. The standard InChI is InChI=1S/C18H35N3O4S/c1-5-26(23,24)19-12-15-6-9-20(10-7-15)13-16-8-11-21(14-16)17(22)25-18(2,3)4/h15-16,19H,5-14H2,1-4H3. The monoisotopic (exact) mass is 389 g/mol. The van der Waals surface area contributed by atoms with E-state index in [-0.39, 0.29) is 11.8 Å². The van der Waals surface area contributed by atoms with Gasteiger partial charge in [0.1, 0.15) is 5.60 Å². The summed E-state index contributed by atoms with van der Waals surface area (Å²) < 4.78 is 31.2. The van der Waals surface area contributed by atoms with E-state index in [1.165, 1.54) is 0 Å². The molecule has 26 heavy (non-hydrogen) atoms. The Morgan fingerprint density at radius 2 is 1.73 bits per heavy atom. The Hall–Kier alpha value is -0.860. The molecule has 2 fully saturated rings. The minimum Gasteiger partial charge on any atom is -0.444 e. The molecular formula is C18H35N3O4S. The fourth-order valence-electron chi connectivity index (χ4n) is 3.56. The second-order valence-electron chi connectivity index (χ2n) is 8.58. The average molecular weight is 390 g/mol. The maximum Gasteiger partial charge on any atom is 0.410 e. The van der Waals surface area contributed by atoms with Crippen molar-refractivity contribution in [3.05, 3.63) is 0 Å². The van der Waals surface area contributed by atoms with Gasteiger partial charge < -0.3 is 14.5 Å². The van der Waals surface area contributed by atoms with Gasteiger partial charge in [-0.3, -0.25) is 0 Å². The minimum atomic E-state index is -3.09. The van der Waals surface area contributed by atoms with Crippen LogP contribution in [0.25, 0.3) is 0 Å². The first-order valence-corrected chi connectivity index (χ1v) is 11.4. The molecule has 0 saturated carbocycles. The third-order valence-corrected chi connectivity index (χ3v) is 6.50. The lowest BCUT2D eigenvalue weighted by Crippen LogP contribution is -2.41. The lowest BCUT2D eigenvalue weighted by molar-refractivity contribution is 0.0284. The van der Waals surface area contributed by atoms with E-state index in [2.05, 4.69) is 9.62 Å². The van der Waals surface area contributed by atoms with Crippen LogP contribution in [-0.4, -0.2) is 74.9 Å². The van der Waals surface area contributed by atoms with E-state index in [0.29, 0.717) is 18.4 Å². The molecular weight excluding hydrogens is 354 g/mol. The molecule has 2 aliphatic heterocycles. The number of carbonyl (C=O) groups is 1. The maximum atomic E-state index is 12.2. The Morgan fingerprint density at radius 1 is 1.12 bits per heavy atom. The van der Waals surface area contributed by atoms with Gasteiger partial charge in [0.25, 0.3) is 0 Å². The van der Waals surface area contributed by atoms with Crippen molar-refractivity contribution in [2.24, 2.45) is 11.8 Å². The molecule has 0 aromatic carbocycles. The van der Waals surface area contributed by atoms with E-state index < -0.39 is 15.6 Å². The molecule has 0 bridgehead atoms. The third-order valence-electron chi connectivity index (χ3n) is 5.13. The lowest BCUT2D eigenvalue weighted by Gasteiger charge is -2.33. The van der Waals surface area contributed by atoms with Crippen molar-refractivity contribution in [1.29, 1.82) is 0 Å². The van der Waals surface area contributed by atoms with E-state index in [1.807, 2.05) is 25.7 Å². The van der Waals surface area contributed by atoms with E-state index in [4.69, 9.17) is 4.74 Å². The van der Waals surface area contributed by atoms with Crippen LogP contribution in [0.2, 0.25) is 0 Å². The van der Waals surface area contributed by atoms with Gasteiger partial charge in [-0.25, -0.2) is 17.9 Å². The molecule has 2 saturated heterocycles. The van der Waals surface area contributed by atoms with Crippen LogP contribution in [0.3, 0.4) is 0 Å². The van der Waals surface area contributed by atoms with Crippen molar-refractivity contribution in [3.8, 4) is 0 Å². The summed E-state index contributed by atoms with van der Waals surface area (Å²) in [6, 6.07) is 0. The van der Waals surface area contributed by atoms with Crippen molar-refractivity contribution in [2.75, 3.05) is 45.0 Å². The first-order valence-electron chi connectivity index (χ1n) is 9.75. The maximum absolute atomic E-state index is 12.2. The molecule has 1 amide bonds. The van der Waals surface area contributed by atoms with Crippen molar-refractivity contribution in [2.45, 2.75) is 52.6 Å². The zero-order valence-electron chi connectivity index (χ0n) is 16.7. The number of rotatable bonds is 6. The zero-order chi connectivity index (χ0) is 19.4. The molecule has 7 nitrogen and oxygen atoms in total. The van der Waals surface area contributed by atoms with Crippen LogP contribution in [0.15, 0.2) is 0 Å². The molecule has 0 aliphatic carbocycles. The quantitative estimate of drug-likeness (QED) is 0.750. The molecule has 152 valence electrons. The first kappa shape index (κ1) is 21.4. The van der Waals surface area contributed by atoms with Gasteiger partial charge in [-0.2, -0.15) is 0 Å². The molecule has 1 unspecified atom stereocenters. The summed E-state index contributed by atoms with van der Waals surface area (Å²) in [5.74, 6) is 1.06. The number of nitrogens with one attached hydrogen (secondary N) is 1. The largest absolute Gasteiger partial charge is 0.444 e. The highest BCUT2D eigenvalue weighted by atomic mass is 32.2. The van der Waals surface area contributed by atoms with Crippen molar-refractivity contribution >= 4 is 16.1 Å². The van der Waals surface area contributed by atoms with Gasteiger partial charge in [0.15, 0.2) is 0 Å². The molecule has 1 atom stereocenters. The van der Waals surface area contributed by atoms with Crippen molar-refractivity contribution in [3.63, 3.8) is 0 Å². The normalized spacial score (nSPS) is 23.4. The second-order valence-corrected chi connectivity index (χ2v) is 10.7. The summed E-state index contributed by atoms with van der Waals surface area (Å²) >= 11 is 0. The van der Waals surface area contributed by atoms with Crippen LogP contribution < -0.4 is 4.72 Å². The van der Waals surface area contributed by atoms with E-state index in [9.17, 15) is 13.2 Å².